The molecule has 0 radical (unpaired) electrons. The van der Waals surface area contributed by atoms with Gasteiger partial charge in [0.2, 0.25) is 0 Å². The molecule has 2 heteroatoms. The van der Waals surface area contributed by atoms with Crippen molar-refractivity contribution in [2.75, 3.05) is 5.32 Å². The summed E-state index contributed by atoms with van der Waals surface area (Å²) in [6.07, 6.45) is 6.24. The van der Waals surface area contributed by atoms with Crippen molar-refractivity contribution in [1.82, 2.24) is 0 Å². The van der Waals surface area contributed by atoms with Crippen LogP contribution in [-0.2, 0) is 5.41 Å². The van der Waals surface area contributed by atoms with Gasteiger partial charge in [-0.25, -0.2) is 4.39 Å². The third-order valence-electron chi connectivity index (χ3n) is 5.24. The Hall–Kier alpha value is -1.83. The molecule has 2 aliphatic rings. The zero-order chi connectivity index (χ0) is 14.3. The molecule has 1 aliphatic carbocycles. The minimum atomic E-state index is -0.142. The number of hydrogen-bond acceptors (Lipinski definition) is 1. The summed E-state index contributed by atoms with van der Waals surface area (Å²) in [6, 6.07) is 15.9. The van der Waals surface area contributed by atoms with Gasteiger partial charge >= 0.3 is 0 Å². The van der Waals surface area contributed by atoms with E-state index in [2.05, 4.69) is 35.6 Å². The minimum Gasteiger partial charge on any atom is -0.377 e. The van der Waals surface area contributed by atoms with E-state index >= 15 is 0 Å². The van der Waals surface area contributed by atoms with Gasteiger partial charge in [0.25, 0.3) is 0 Å². The SMILES string of the molecule is Fc1cccc([C@@H]2Nc3ccccc3C23CCCCC3)c1. The normalized spacial score (nSPS) is 22.8. The molecule has 21 heavy (non-hydrogen) atoms. The fourth-order valence-corrected chi connectivity index (χ4v) is 4.32. The van der Waals surface area contributed by atoms with Crippen LogP contribution in [0.4, 0.5) is 10.1 Å². The molecule has 1 spiro atoms. The molecule has 2 aromatic rings. The van der Waals surface area contributed by atoms with Crippen molar-refractivity contribution < 1.29 is 4.39 Å². The first-order valence-corrected chi connectivity index (χ1v) is 7.91. The van der Waals surface area contributed by atoms with Gasteiger partial charge in [-0.1, -0.05) is 49.6 Å². The Morgan fingerprint density at radius 3 is 2.57 bits per heavy atom. The largest absolute Gasteiger partial charge is 0.377 e. The first-order chi connectivity index (χ1) is 10.3. The van der Waals surface area contributed by atoms with E-state index in [1.165, 1.54) is 49.4 Å². The zero-order valence-electron chi connectivity index (χ0n) is 12.1. The lowest BCUT2D eigenvalue weighted by atomic mass is 9.65. The summed E-state index contributed by atoms with van der Waals surface area (Å²) >= 11 is 0. The van der Waals surface area contributed by atoms with Crippen molar-refractivity contribution in [3.8, 4) is 0 Å². The lowest BCUT2D eigenvalue weighted by molar-refractivity contribution is 0.269. The van der Waals surface area contributed by atoms with E-state index in [0.717, 1.165) is 5.56 Å². The van der Waals surface area contributed by atoms with Crippen molar-refractivity contribution in [3.05, 3.63) is 65.5 Å². The summed E-state index contributed by atoms with van der Waals surface area (Å²) in [7, 11) is 0. The highest BCUT2D eigenvalue weighted by Crippen LogP contribution is 2.55. The Morgan fingerprint density at radius 1 is 0.952 bits per heavy atom. The van der Waals surface area contributed by atoms with E-state index in [0.29, 0.717) is 0 Å². The number of rotatable bonds is 1. The highest BCUT2D eigenvalue weighted by molar-refractivity contribution is 5.63. The molecule has 0 amide bonds. The Balaban J connectivity index is 1.84. The van der Waals surface area contributed by atoms with Crippen LogP contribution in [0.15, 0.2) is 48.5 Å². The first kappa shape index (κ1) is 12.9. The van der Waals surface area contributed by atoms with Crippen molar-refractivity contribution >= 4 is 5.69 Å². The molecule has 1 heterocycles. The van der Waals surface area contributed by atoms with Crippen LogP contribution in [0.3, 0.4) is 0 Å². The molecule has 1 fully saturated rings. The van der Waals surface area contributed by atoms with Crippen LogP contribution >= 0.6 is 0 Å². The summed E-state index contributed by atoms with van der Waals surface area (Å²) in [4.78, 5) is 0. The van der Waals surface area contributed by atoms with Crippen LogP contribution in [0.25, 0.3) is 0 Å². The zero-order valence-corrected chi connectivity index (χ0v) is 12.1. The summed E-state index contributed by atoms with van der Waals surface area (Å²) in [5.74, 6) is -0.142. The highest BCUT2D eigenvalue weighted by atomic mass is 19.1. The van der Waals surface area contributed by atoms with Crippen LogP contribution in [0.5, 0.6) is 0 Å². The van der Waals surface area contributed by atoms with Gasteiger partial charge in [0, 0.05) is 11.1 Å². The number of benzene rings is 2. The predicted molar refractivity (Wildman–Crippen MR) is 84.0 cm³/mol. The molecule has 1 atom stereocenters. The average molecular weight is 281 g/mol. The molecule has 0 saturated heterocycles. The summed E-state index contributed by atoms with van der Waals surface area (Å²) < 4.78 is 13.7. The number of para-hydroxylation sites is 1. The molecule has 1 nitrogen and oxygen atoms in total. The average Bonchev–Trinajstić information content (AvgIpc) is 2.83. The van der Waals surface area contributed by atoms with E-state index in [9.17, 15) is 4.39 Å². The second kappa shape index (κ2) is 4.87. The maximum Gasteiger partial charge on any atom is 0.123 e. The molecular formula is C19H20FN. The summed E-state index contributed by atoms with van der Waals surface area (Å²) in [5, 5.41) is 3.67. The van der Waals surface area contributed by atoms with Gasteiger partial charge in [-0.2, -0.15) is 0 Å². The quantitative estimate of drug-likeness (QED) is 0.758. The maximum atomic E-state index is 13.7. The van der Waals surface area contributed by atoms with Gasteiger partial charge in [-0.15, -0.1) is 0 Å². The van der Waals surface area contributed by atoms with Gasteiger partial charge in [-0.3, -0.25) is 0 Å². The van der Waals surface area contributed by atoms with E-state index < -0.39 is 0 Å². The van der Waals surface area contributed by atoms with Crippen LogP contribution in [0.1, 0.15) is 49.3 Å². The number of anilines is 1. The number of fused-ring (bicyclic) bond motifs is 2. The van der Waals surface area contributed by atoms with E-state index in [4.69, 9.17) is 0 Å². The van der Waals surface area contributed by atoms with Gasteiger partial charge in [0.1, 0.15) is 5.82 Å². The molecule has 1 saturated carbocycles. The lowest BCUT2D eigenvalue weighted by Crippen LogP contribution is -2.34. The Bertz CT molecular complexity index is 658. The smallest absolute Gasteiger partial charge is 0.123 e. The van der Waals surface area contributed by atoms with Gasteiger partial charge in [-0.05, 0) is 42.2 Å². The van der Waals surface area contributed by atoms with Gasteiger partial charge in [0.05, 0.1) is 6.04 Å². The Morgan fingerprint density at radius 2 is 1.76 bits per heavy atom. The van der Waals surface area contributed by atoms with Crippen LogP contribution in [-0.4, -0.2) is 0 Å². The van der Waals surface area contributed by atoms with Crippen molar-refractivity contribution in [3.63, 3.8) is 0 Å². The van der Waals surface area contributed by atoms with Gasteiger partial charge in [0.15, 0.2) is 0 Å². The molecule has 0 aromatic heterocycles. The first-order valence-electron chi connectivity index (χ1n) is 7.91. The number of halogens is 1. The predicted octanol–water partition coefficient (Wildman–Crippen LogP) is 5.19. The van der Waals surface area contributed by atoms with Crippen molar-refractivity contribution in [2.24, 2.45) is 0 Å². The molecule has 108 valence electrons. The van der Waals surface area contributed by atoms with Crippen LogP contribution in [0, 0.1) is 5.82 Å². The maximum absolute atomic E-state index is 13.7. The molecule has 2 aromatic carbocycles. The van der Waals surface area contributed by atoms with E-state index in [1.807, 2.05) is 6.07 Å². The van der Waals surface area contributed by atoms with Crippen LogP contribution in [0.2, 0.25) is 0 Å². The Kier molecular flexibility index (Phi) is 2.99. The van der Waals surface area contributed by atoms with E-state index in [-0.39, 0.29) is 17.3 Å². The third kappa shape index (κ3) is 1.97. The van der Waals surface area contributed by atoms with Crippen LogP contribution < -0.4 is 5.32 Å². The topological polar surface area (TPSA) is 12.0 Å². The van der Waals surface area contributed by atoms with E-state index in [1.54, 1.807) is 6.07 Å². The third-order valence-corrected chi connectivity index (χ3v) is 5.24. The molecule has 0 unspecified atom stereocenters. The molecule has 0 bridgehead atoms. The monoisotopic (exact) mass is 281 g/mol. The fourth-order valence-electron chi connectivity index (χ4n) is 4.32. The number of nitrogens with one attached hydrogen (secondary N) is 1. The van der Waals surface area contributed by atoms with Crippen molar-refractivity contribution in [2.45, 2.75) is 43.6 Å². The molecule has 1 aliphatic heterocycles. The molecule has 1 N–H and O–H groups in total. The summed E-state index contributed by atoms with van der Waals surface area (Å²) in [6.45, 7) is 0. The lowest BCUT2D eigenvalue weighted by Gasteiger charge is -2.39. The van der Waals surface area contributed by atoms with Gasteiger partial charge < -0.3 is 5.32 Å². The minimum absolute atomic E-state index is 0.142. The van der Waals surface area contributed by atoms with Crippen molar-refractivity contribution in [1.29, 1.82) is 0 Å². The molecular weight excluding hydrogens is 261 g/mol. The second-order valence-electron chi connectivity index (χ2n) is 6.39. The molecule has 4 rings (SSSR count). The highest BCUT2D eigenvalue weighted by Gasteiger charge is 2.47. The number of hydrogen-bond donors (Lipinski definition) is 1. The Labute approximate surface area is 125 Å². The summed E-state index contributed by atoms with van der Waals surface area (Å²) in [5.41, 5.74) is 3.88. The fraction of sp³-hybridized carbons (Fsp3) is 0.368. The second-order valence-corrected chi connectivity index (χ2v) is 6.39. The standard InChI is InChI=1S/C19H20FN/c20-15-8-6-7-14(13-15)18-19(11-4-1-5-12-19)16-9-2-3-10-17(16)21-18/h2-3,6-10,13,18,21H,1,4-5,11-12H2/t18-/m0/s1.